The first kappa shape index (κ1) is 15.5. The Morgan fingerprint density at radius 2 is 1.76 bits per heavy atom. The lowest BCUT2D eigenvalue weighted by Crippen LogP contribution is -2.19. The van der Waals surface area contributed by atoms with Crippen LogP contribution in [0.25, 0.3) is 0 Å². The number of likely N-dealkylation sites (N-methyl/N-ethyl adjacent to an activating group) is 1. The maximum absolute atomic E-state index is 11.9. The van der Waals surface area contributed by atoms with Gasteiger partial charge in [0.25, 0.3) is 0 Å². The average molecular weight is 288 g/mol. The lowest BCUT2D eigenvalue weighted by atomic mass is 10.0. The van der Waals surface area contributed by atoms with E-state index in [1.54, 1.807) is 7.05 Å². The summed E-state index contributed by atoms with van der Waals surface area (Å²) in [5.74, 6) is 0.815. The Morgan fingerprint density at radius 3 is 2.38 bits per heavy atom. The molecule has 0 heterocycles. The maximum atomic E-state index is 11.9. The third-order valence-electron chi connectivity index (χ3n) is 4.14. The molecule has 1 aromatic rings. The van der Waals surface area contributed by atoms with Crippen molar-refractivity contribution in [3.8, 4) is 0 Å². The highest BCUT2D eigenvalue weighted by Crippen LogP contribution is 2.28. The predicted molar refractivity (Wildman–Crippen MR) is 84.0 cm³/mol. The molecular weight excluding hydrogens is 264 g/mol. The summed E-state index contributed by atoms with van der Waals surface area (Å²) in [6.07, 6.45) is 7.17. The summed E-state index contributed by atoms with van der Waals surface area (Å²) in [6, 6.07) is 7.46. The molecule has 1 aromatic carbocycles. The van der Waals surface area contributed by atoms with Gasteiger partial charge in [-0.15, -0.1) is 0 Å². The molecule has 0 aliphatic heterocycles. The van der Waals surface area contributed by atoms with E-state index in [1.165, 1.54) is 25.7 Å². The van der Waals surface area contributed by atoms with Crippen LogP contribution in [-0.4, -0.2) is 18.9 Å². The fourth-order valence-electron chi connectivity index (χ4n) is 2.84. The summed E-state index contributed by atoms with van der Waals surface area (Å²) in [5, 5.41) is 5.52. The summed E-state index contributed by atoms with van der Waals surface area (Å²) in [6.45, 7) is 0. The molecule has 1 aliphatic carbocycles. The van der Waals surface area contributed by atoms with E-state index < -0.39 is 0 Å². The Bertz CT molecular complexity index is 476. The van der Waals surface area contributed by atoms with Gasteiger partial charge in [-0.25, -0.2) is 0 Å². The number of carbonyl (C=O) groups is 2. The minimum absolute atomic E-state index is 0.0108. The second kappa shape index (κ2) is 7.81. The summed E-state index contributed by atoms with van der Waals surface area (Å²) in [4.78, 5) is 23.2. The lowest BCUT2D eigenvalue weighted by Gasteiger charge is -2.09. The van der Waals surface area contributed by atoms with Crippen molar-refractivity contribution < 1.29 is 9.59 Å². The molecule has 2 amide bonds. The molecule has 2 N–H and O–H groups in total. The maximum Gasteiger partial charge on any atom is 0.224 e. The number of hydrogen-bond acceptors (Lipinski definition) is 2. The van der Waals surface area contributed by atoms with Crippen molar-refractivity contribution in [2.24, 2.45) is 5.92 Å². The van der Waals surface area contributed by atoms with Gasteiger partial charge in [0.15, 0.2) is 0 Å². The summed E-state index contributed by atoms with van der Waals surface area (Å²) >= 11 is 0. The number of amides is 2. The fourth-order valence-corrected chi connectivity index (χ4v) is 2.84. The standard InChI is InChI=1S/C17H24N2O2/c1-18-17(21)12-14-6-9-15(10-7-14)19-16(20)11-8-13-4-2-3-5-13/h6-7,9-10,13H,2-5,8,11-12H2,1H3,(H,18,21)(H,19,20). The second-order valence-corrected chi connectivity index (χ2v) is 5.78. The van der Waals surface area contributed by atoms with Gasteiger partial charge in [-0.3, -0.25) is 9.59 Å². The number of hydrogen-bond donors (Lipinski definition) is 2. The molecule has 1 aliphatic rings. The van der Waals surface area contributed by atoms with Gasteiger partial charge in [0, 0.05) is 19.2 Å². The summed E-state index contributed by atoms with van der Waals surface area (Å²) in [7, 11) is 1.63. The molecule has 114 valence electrons. The topological polar surface area (TPSA) is 58.2 Å². The normalized spacial score (nSPS) is 14.9. The van der Waals surface area contributed by atoms with Gasteiger partial charge in [-0.2, -0.15) is 0 Å². The first-order chi connectivity index (χ1) is 10.2. The van der Waals surface area contributed by atoms with Crippen LogP contribution in [-0.2, 0) is 16.0 Å². The third-order valence-corrected chi connectivity index (χ3v) is 4.14. The van der Waals surface area contributed by atoms with Gasteiger partial charge >= 0.3 is 0 Å². The van der Waals surface area contributed by atoms with Gasteiger partial charge in [0.2, 0.25) is 11.8 Å². The van der Waals surface area contributed by atoms with E-state index in [0.29, 0.717) is 12.8 Å². The molecule has 0 spiro atoms. The van der Waals surface area contributed by atoms with E-state index >= 15 is 0 Å². The zero-order chi connectivity index (χ0) is 15.1. The Balaban J connectivity index is 1.76. The van der Waals surface area contributed by atoms with Crippen LogP contribution in [0.2, 0.25) is 0 Å². The minimum Gasteiger partial charge on any atom is -0.359 e. The summed E-state index contributed by atoms with van der Waals surface area (Å²) in [5.41, 5.74) is 1.74. The lowest BCUT2D eigenvalue weighted by molar-refractivity contribution is -0.120. The van der Waals surface area contributed by atoms with Crippen LogP contribution in [0, 0.1) is 5.92 Å². The van der Waals surface area contributed by atoms with E-state index in [1.807, 2.05) is 24.3 Å². The molecule has 0 unspecified atom stereocenters. The molecule has 2 rings (SSSR count). The second-order valence-electron chi connectivity index (χ2n) is 5.78. The monoisotopic (exact) mass is 288 g/mol. The number of nitrogens with one attached hydrogen (secondary N) is 2. The zero-order valence-corrected chi connectivity index (χ0v) is 12.7. The highest BCUT2D eigenvalue weighted by molar-refractivity contribution is 5.90. The zero-order valence-electron chi connectivity index (χ0n) is 12.7. The van der Waals surface area contributed by atoms with Gasteiger partial charge in [0.05, 0.1) is 6.42 Å². The van der Waals surface area contributed by atoms with Crippen molar-refractivity contribution in [1.29, 1.82) is 0 Å². The average Bonchev–Trinajstić information content (AvgIpc) is 3.00. The van der Waals surface area contributed by atoms with Gasteiger partial charge in [0.1, 0.15) is 0 Å². The first-order valence-corrected chi connectivity index (χ1v) is 7.77. The van der Waals surface area contributed by atoms with Crippen molar-refractivity contribution in [2.45, 2.75) is 44.9 Å². The molecule has 0 aromatic heterocycles. The smallest absolute Gasteiger partial charge is 0.224 e. The van der Waals surface area contributed by atoms with E-state index in [0.717, 1.165) is 23.6 Å². The van der Waals surface area contributed by atoms with Crippen LogP contribution in [0.15, 0.2) is 24.3 Å². The summed E-state index contributed by atoms with van der Waals surface area (Å²) < 4.78 is 0. The number of anilines is 1. The van der Waals surface area contributed by atoms with Crippen LogP contribution in [0.3, 0.4) is 0 Å². The highest BCUT2D eigenvalue weighted by atomic mass is 16.2. The van der Waals surface area contributed by atoms with Crippen molar-refractivity contribution in [1.82, 2.24) is 5.32 Å². The van der Waals surface area contributed by atoms with Crippen LogP contribution in [0.4, 0.5) is 5.69 Å². The van der Waals surface area contributed by atoms with Crippen LogP contribution >= 0.6 is 0 Å². The van der Waals surface area contributed by atoms with Gasteiger partial charge < -0.3 is 10.6 Å². The molecular formula is C17H24N2O2. The van der Waals surface area contributed by atoms with Crippen molar-refractivity contribution in [3.05, 3.63) is 29.8 Å². The predicted octanol–water partition coefficient (Wildman–Crippen LogP) is 2.88. The van der Waals surface area contributed by atoms with Crippen molar-refractivity contribution in [2.75, 3.05) is 12.4 Å². The Hall–Kier alpha value is -1.84. The van der Waals surface area contributed by atoms with E-state index in [4.69, 9.17) is 0 Å². The molecule has 4 nitrogen and oxygen atoms in total. The largest absolute Gasteiger partial charge is 0.359 e. The van der Waals surface area contributed by atoms with Crippen molar-refractivity contribution >= 4 is 17.5 Å². The van der Waals surface area contributed by atoms with Crippen LogP contribution < -0.4 is 10.6 Å². The molecule has 21 heavy (non-hydrogen) atoms. The van der Waals surface area contributed by atoms with Crippen LogP contribution in [0.1, 0.15) is 44.1 Å². The quantitative estimate of drug-likeness (QED) is 0.845. The fraction of sp³-hybridized carbons (Fsp3) is 0.529. The number of rotatable bonds is 6. The Labute approximate surface area is 126 Å². The molecule has 1 fully saturated rings. The van der Waals surface area contributed by atoms with Crippen molar-refractivity contribution in [3.63, 3.8) is 0 Å². The highest BCUT2D eigenvalue weighted by Gasteiger charge is 2.16. The van der Waals surface area contributed by atoms with Gasteiger partial charge in [-0.05, 0) is 30.0 Å². The van der Waals surface area contributed by atoms with E-state index in [2.05, 4.69) is 10.6 Å². The van der Waals surface area contributed by atoms with Gasteiger partial charge in [-0.1, -0.05) is 37.8 Å². The third kappa shape index (κ3) is 5.21. The van der Waals surface area contributed by atoms with Crippen LogP contribution in [0.5, 0.6) is 0 Å². The molecule has 4 heteroatoms. The SMILES string of the molecule is CNC(=O)Cc1ccc(NC(=O)CCC2CCCC2)cc1. The number of benzene rings is 1. The minimum atomic E-state index is -0.0108. The molecule has 0 radical (unpaired) electrons. The molecule has 0 atom stereocenters. The Kier molecular flexibility index (Phi) is 5.78. The first-order valence-electron chi connectivity index (χ1n) is 7.77. The molecule has 0 saturated heterocycles. The van der Waals surface area contributed by atoms with E-state index in [-0.39, 0.29) is 11.8 Å². The van der Waals surface area contributed by atoms with E-state index in [9.17, 15) is 9.59 Å². The molecule has 1 saturated carbocycles. The number of carbonyl (C=O) groups excluding carboxylic acids is 2. The molecule has 0 bridgehead atoms. The Morgan fingerprint density at radius 1 is 1.10 bits per heavy atom.